The van der Waals surface area contributed by atoms with Crippen molar-refractivity contribution in [3.05, 3.63) is 193 Å². The van der Waals surface area contributed by atoms with Gasteiger partial charge in [0.15, 0.2) is 6.17 Å². The van der Waals surface area contributed by atoms with E-state index in [9.17, 15) is 0 Å². The molecule has 8 aromatic carbocycles. The van der Waals surface area contributed by atoms with E-state index in [1.165, 1.54) is 32.7 Å². The van der Waals surface area contributed by atoms with Crippen molar-refractivity contribution in [1.29, 1.82) is 0 Å². The Morgan fingerprint density at radius 3 is 1.75 bits per heavy atom. The topological polar surface area (TPSA) is 49.9 Å². The van der Waals surface area contributed by atoms with E-state index in [0.717, 1.165) is 61.4 Å². The zero-order chi connectivity index (χ0) is 33.7. The molecule has 1 unspecified atom stereocenters. The minimum Gasteiger partial charge on any atom is -0.456 e. The average molecular weight is 654 g/mol. The fourth-order valence-corrected chi connectivity index (χ4v) is 7.36. The molecular formula is C47H31N3O. The molecule has 0 saturated heterocycles. The summed E-state index contributed by atoms with van der Waals surface area (Å²) in [5.74, 6) is 1.57. The molecule has 0 fully saturated rings. The molecule has 4 heteroatoms. The summed E-state index contributed by atoms with van der Waals surface area (Å²) in [6.07, 6.45) is -0.488. The molecule has 0 bridgehead atoms. The van der Waals surface area contributed by atoms with Crippen LogP contribution in [-0.4, -0.2) is 11.7 Å². The number of rotatable bonds is 5. The van der Waals surface area contributed by atoms with Gasteiger partial charge in [-0.1, -0.05) is 152 Å². The molecule has 240 valence electrons. The molecule has 1 aromatic heterocycles. The van der Waals surface area contributed by atoms with Gasteiger partial charge < -0.3 is 9.73 Å². The highest BCUT2D eigenvalue weighted by Crippen LogP contribution is 2.39. The Morgan fingerprint density at radius 2 is 0.961 bits per heavy atom. The second-order valence-corrected chi connectivity index (χ2v) is 13.0. The molecular weight excluding hydrogens is 623 g/mol. The maximum Gasteiger partial charge on any atom is 0.170 e. The van der Waals surface area contributed by atoms with Crippen LogP contribution in [0, 0.1) is 0 Å². The standard InChI is InChI=1S/C47H31N3O/c1-3-10-30(11-4-1)31-18-20-32(21-19-31)36-26-27-42-41(28-36)44-39(16-9-17-43(44)51-42)47-49-45(35-13-5-2-6-14-35)48-46(50-47)37-25-24-34-23-22-33-12-7-8-15-38(33)40(34)29-37/h1-29,47H,(H,48,49,50). The van der Waals surface area contributed by atoms with Crippen LogP contribution in [0.1, 0.15) is 22.9 Å². The fraction of sp³-hybridized carbons (Fsp3) is 0.0213. The van der Waals surface area contributed by atoms with Crippen molar-refractivity contribution in [2.45, 2.75) is 6.17 Å². The molecule has 0 amide bonds. The van der Waals surface area contributed by atoms with Gasteiger partial charge in [0.25, 0.3) is 0 Å². The minimum atomic E-state index is -0.488. The lowest BCUT2D eigenvalue weighted by Crippen LogP contribution is -2.36. The molecule has 0 saturated carbocycles. The number of amidine groups is 2. The van der Waals surface area contributed by atoms with Crippen LogP contribution in [0.5, 0.6) is 0 Å². The zero-order valence-corrected chi connectivity index (χ0v) is 27.6. The Bertz CT molecular complexity index is 2820. The summed E-state index contributed by atoms with van der Waals surface area (Å²) < 4.78 is 6.45. The van der Waals surface area contributed by atoms with Crippen LogP contribution < -0.4 is 5.32 Å². The van der Waals surface area contributed by atoms with Gasteiger partial charge in [-0.25, -0.2) is 9.98 Å². The number of aliphatic imine (C=N–C) groups is 2. The molecule has 1 N–H and O–H groups in total. The first-order valence-electron chi connectivity index (χ1n) is 17.3. The van der Waals surface area contributed by atoms with Crippen molar-refractivity contribution in [2.75, 3.05) is 0 Å². The summed E-state index contributed by atoms with van der Waals surface area (Å²) in [5.41, 5.74) is 9.37. The van der Waals surface area contributed by atoms with Crippen molar-refractivity contribution >= 4 is 55.2 Å². The van der Waals surface area contributed by atoms with Gasteiger partial charge in [0.1, 0.15) is 22.8 Å². The SMILES string of the molecule is c1ccc(C2=NC(c3cccc4oc5ccc(-c6ccc(-c7ccccc7)cc6)cc5c34)N=C(c3ccc4ccc5ccccc5c4c3)N2)cc1. The summed E-state index contributed by atoms with van der Waals surface area (Å²) in [6.45, 7) is 0. The van der Waals surface area contributed by atoms with E-state index in [-0.39, 0.29) is 0 Å². The lowest BCUT2D eigenvalue weighted by Gasteiger charge is -2.23. The number of furan rings is 1. The first-order valence-corrected chi connectivity index (χ1v) is 17.3. The number of nitrogens with one attached hydrogen (secondary N) is 1. The second kappa shape index (κ2) is 12.0. The van der Waals surface area contributed by atoms with Gasteiger partial charge >= 0.3 is 0 Å². The summed E-state index contributed by atoms with van der Waals surface area (Å²) >= 11 is 0. The smallest absolute Gasteiger partial charge is 0.170 e. The van der Waals surface area contributed by atoms with Gasteiger partial charge in [0.05, 0.1) is 0 Å². The third kappa shape index (κ3) is 5.17. The van der Waals surface area contributed by atoms with Crippen molar-refractivity contribution in [3.8, 4) is 22.3 Å². The van der Waals surface area contributed by atoms with Crippen LogP contribution >= 0.6 is 0 Å². The third-order valence-electron chi connectivity index (χ3n) is 9.94. The molecule has 2 heterocycles. The van der Waals surface area contributed by atoms with Crippen molar-refractivity contribution in [2.24, 2.45) is 9.98 Å². The summed E-state index contributed by atoms with van der Waals surface area (Å²) in [6, 6.07) is 61.7. The molecule has 0 radical (unpaired) electrons. The Morgan fingerprint density at radius 1 is 0.392 bits per heavy atom. The van der Waals surface area contributed by atoms with Crippen LogP contribution in [0.15, 0.2) is 190 Å². The van der Waals surface area contributed by atoms with Crippen LogP contribution in [0.2, 0.25) is 0 Å². The van der Waals surface area contributed by atoms with Crippen LogP contribution in [0.4, 0.5) is 0 Å². The molecule has 0 aliphatic carbocycles. The Kier molecular flexibility index (Phi) is 6.85. The first kappa shape index (κ1) is 29.2. The van der Waals surface area contributed by atoms with Gasteiger partial charge in [-0.15, -0.1) is 0 Å². The largest absolute Gasteiger partial charge is 0.456 e. The molecule has 9 aromatic rings. The highest BCUT2D eigenvalue weighted by Gasteiger charge is 2.24. The van der Waals surface area contributed by atoms with E-state index in [2.05, 4.69) is 145 Å². The zero-order valence-electron chi connectivity index (χ0n) is 27.6. The van der Waals surface area contributed by atoms with Gasteiger partial charge in [-0.05, 0) is 68.1 Å². The van der Waals surface area contributed by atoms with Crippen molar-refractivity contribution in [3.63, 3.8) is 0 Å². The molecule has 4 nitrogen and oxygen atoms in total. The van der Waals surface area contributed by atoms with E-state index in [4.69, 9.17) is 14.4 Å². The van der Waals surface area contributed by atoms with Crippen LogP contribution in [-0.2, 0) is 0 Å². The van der Waals surface area contributed by atoms with Gasteiger partial charge in [0, 0.05) is 27.5 Å². The number of hydrogen-bond acceptors (Lipinski definition) is 4. The summed E-state index contributed by atoms with van der Waals surface area (Å²) in [4.78, 5) is 10.6. The highest BCUT2D eigenvalue weighted by molar-refractivity contribution is 6.18. The number of fused-ring (bicyclic) bond motifs is 6. The number of nitrogens with zero attached hydrogens (tertiary/aromatic N) is 2. The molecule has 1 aliphatic rings. The van der Waals surface area contributed by atoms with Crippen LogP contribution in [0.3, 0.4) is 0 Å². The van der Waals surface area contributed by atoms with Gasteiger partial charge in [-0.2, -0.15) is 0 Å². The van der Waals surface area contributed by atoms with Gasteiger partial charge in [0.2, 0.25) is 0 Å². The van der Waals surface area contributed by atoms with Crippen molar-refractivity contribution in [1.82, 2.24) is 5.32 Å². The van der Waals surface area contributed by atoms with E-state index >= 15 is 0 Å². The van der Waals surface area contributed by atoms with Gasteiger partial charge in [-0.3, -0.25) is 0 Å². The van der Waals surface area contributed by atoms with E-state index in [1.54, 1.807) is 0 Å². The lowest BCUT2D eigenvalue weighted by molar-refractivity contribution is 0.667. The summed E-state index contributed by atoms with van der Waals surface area (Å²) in [5, 5.41) is 10.5. The Balaban J connectivity index is 1.11. The molecule has 51 heavy (non-hydrogen) atoms. The number of benzene rings is 8. The molecule has 10 rings (SSSR count). The normalized spacial score (nSPS) is 14.5. The molecule has 0 spiro atoms. The third-order valence-corrected chi connectivity index (χ3v) is 9.94. The number of hydrogen-bond donors (Lipinski definition) is 1. The maximum atomic E-state index is 6.45. The molecule has 1 atom stereocenters. The lowest BCUT2D eigenvalue weighted by atomic mass is 9.97. The van der Waals surface area contributed by atoms with E-state index in [0.29, 0.717) is 0 Å². The minimum absolute atomic E-state index is 0.488. The monoisotopic (exact) mass is 653 g/mol. The van der Waals surface area contributed by atoms with Crippen LogP contribution in [0.25, 0.3) is 65.7 Å². The molecule has 1 aliphatic heterocycles. The maximum absolute atomic E-state index is 6.45. The quantitative estimate of drug-likeness (QED) is 0.188. The Labute approximate surface area is 295 Å². The fourth-order valence-electron chi connectivity index (χ4n) is 7.36. The highest BCUT2D eigenvalue weighted by atomic mass is 16.3. The van der Waals surface area contributed by atoms with E-state index in [1.807, 2.05) is 36.4 Å². The summed E-state index contributed by atoms with van der Waals surface area (Å²) in [7, 11) is 0. The average Bonchev–Trinajstić information content (AvgIpc) is 3.59. The second-order valence-electron chi connectivity index (χ2n) is 13.0. The Hall–Kier alpha value is -6.78. The predicted octanol–water partition coefficient (Wildman–Crippen LogP) is 11.7. The van der Waals surface area contributed by atoms with E-state index < -0.39 is 6.17 Å². The van der Waals surface area contributed by atoms with Crippen molar-refractivity contribution < 1.29 is 4.42 Å². The predicted molar refractivity (Wildman–Crippen MR) is 211 cm³/mol. The first-order chi connectivity index (χ1) is 25.2.